The number of carbonyl (C=O) groups is 1. The molecule has 0 radical (unpaired) electrons. The van der Waals surface area contributed by atoms with Crippen LogP contribution in [-0.4, -0.2) is 46.0 Å². The standard InChI is InChI=1S/C18H12Br3N7O2/c19-12-3-10(4-13(20)18(12)21)7-27-8-16(24-26-27)11-1-2-14(22-5-11)15-6-23-28(25-15)9-17(29)30/h1-6,8H,7,9H2,(H,29,30). The normalized spacial score (nSPS) is 11.0. The van der Waals surface area contributed by atoms with E-state index in [-0.39, 0.29) is 6.54 Å². The highest BCUT2D eigenvalue weighted by molar-refractivity contribution is 9.14. The summed E-state index contributed by atoms with van der Waals surface area (Å²) in [5.41, 5.74) is 3.65. The van der Waals surface area contributed by atoms with E-state index in [1.807, 2.05) is 24.4 Å². The molecule has 4 rings (SSSR count). The van der Waals surface area contributed by atoms with Gasteiger partial charge in [-0.3, -0.25) is 9.78 Å². The molecule has 0 aliphatic heterocycles. The topological polar surface area (TPSA) is 112 Å². The summed E-state index contributed by atoms with van der Waals surface area (Å²) in [6.45, 7) is 0.266. The number of pyridine rings is 1. The zero-order valence-corrected chi connectivity index (χ0v) is 19.8. The molecule has 3 heterocycles. The summed E-state index contributed by atoms with van der Waals surface area (Å²) in [6, 6.07) is 7.68. The van der Waals surface area contributed by atoms with Crippen LogP contribution in [0.5, 0.6) is 0 Å². The Morgan fingerprint density at radius 2 is 1.80 bits per heavy atom. The van der Waals surface area contributed by atoms with Crippen LogP contribution in [0.15, 0.2) is 56.3 Å². The second kappa shape index (κ2) is 8.74. The predicted molar refractivity (Wildman–Crippen MR) is 119 cm³/mol. The second-order valence-corrected chi connectivity index (χ2v) is 8.76. The maximum atomic E-state index is 10.7. The van der Waals surface area contributed by atoms with Gasteiger partial charge in [0.05, 0.1) is 24.6 Å². The van der Waals surface area contributed by atoms with Crippen molar-refractivity contribution >= 4 is 53.8 Å². The van der Waals surface area contributed by atoms with Crippen molar-refractivity contribution < 1.29 is 9.90 Å². The third-order valence-corrected chi connectivity index (χ3v) is 7.23. The Labute approximate surface area is 195 Å². The van der Waals surface area contributed by atoms with Crippen molar-refractivity contribution in [3.05, 3.63) is 61.8 Å². The summed E-state index contributed by atoms with van der Waals surface area (Å²) in [5, 5.41) is 25.3. The van der Waals surface area contributed by atoms with Gasteiger partial charge >= 0.3 is 5.97 Å². The average molecular weight is 598 g/mol. The van der Waals surface area contributed by atoms with Crippen LogP contribution in [0.3, 0.4) is 0 Å². The Morgan fingerprint density at radius 1 is 1.03 bits per heavy atom. The van der Waals surface area contributed by atoms with E-state index in [9.17, 15) is 4.79 Å². The fraction of sp³-hybridized carbons (Fsp3) is 0.111. The molecule has 0 fully saturated rings. The fourth-order valence-electron chi connectivity index (χ4n) is 2.70. The van der Waals surface area contributed by atoms with Gasteiger partial charge in [0.1, 0.15) is 11.4 Å². The molecule has 30 heavy (non-hydrogen) atoms. The van der Waals surface area contributed by atoms with Gasteiger partial charge in [-0.1, -0.05) is 5.21 Å². The molecule has 1 aromatic carbocycles. The van der Waals surface area contributed by atoms with E-state index in [0.29, 0.717) is 23.6 Å². The molecule has 0 amide bonds. The molecule has 12 heteroatoms. The summed E-state index contributed by atoms with van der Waals surface area (Å²) in [7, 11) is 0. The van der Waals surface area contributed by atoms with Crippen molar-refractivity contribution in [2.75, 3.05) is 0 Å². The molecule has 0 atom stereocenters. The third kappa shape index (κ3) is 4.65. The maximum absolute atomic E-state index is 10.7. The molecule has 152 valence electrons. The van der Waals surface area contributed by atoms with Crippen LogP contribution in [0.4, 0.5) is 0 Å². The first kappa shape index (κ1) is 20.8. The number of hydrogen-bond donors (Lipinski definition) is 1. The summed E-state index contributed by atoms with van der Waals surface area (Å²) < 4.78 is 4.61. The first-order chi connectivity index (χ1) is 14.4. The molecule has 0 bridgehead atoms. The number of benzene rings is 1. The lowest BCUT2D eigenvalue weighted by atomic mass is 10.2. The minimum atomic E-state index is -1.01. The number of halogens is 3. The van der Waals surface area contributed by atoms with Crippen molar-refractivity contribution in [1.29, 1.82) is 0 Å². The molecule has 0 aliphatic carbocycles. The van der Waals surface area contributed by atoms with Gasteiger partial charge in [-0.25, -0.2) is 4.68 Å². The van der Waals surface area contributed by atoms with Gasteiger partial charge in [0, 0.05) is 25.2 Å². The smallest absolute Gasteiger partial charge is 0.327 e. The lowest BCUT2D eigenvalue weighted by Gasteiger charge is -2.05. The number of nitrogens with zero attached hydrogens (tertiary/aromatic N) is 7. The number of rotatable bonds is 6. The molecular weight excluding hydrogens is 586 g/mol. The zero-order valence-electron chi connectivity index (χ0n) is 15.1. The summed E-state index contributed by atoms with van der Waals surface area (Å²) >= 11 is 10.5. The van der Waals surface area contributed by atoms with Gasteiger partial charge < -0.3 is 5.11 Å². The number of aromatic nitrogens is 7. The summed E-state index contributed by atoms with van der Waals surface area (Å²) in [4.78, 5) is 16.2. The van der Waals surface area contributed by atoms with Crippen molar-refractivity contribution in [3.8, 4) is 22.6 Å². The van der Waals surface area contributed by atoms with Crippen LogP contribution < -0.4 is 0 Å². The van der Waals surface area contributed by atoms with Gasteiger partial charge in [-0.05, 0) is 77.6 Å². The Balaban J connectivity index is 1.50. The fourth-order valence-corrected chi connectivity index (χ4v) is 4.21. The van der Waals surface area contributed by atoms with Crippen LogP contribution >= 0.6 is 47.8 Å². The maximum Gasteiger partial charge on any atom is 0.327 e. The van der Waals surface area contributed by atoms with E-state index >= 15 is 0 Å². The van der Waals surface area contributed by atoms with E-state index < -0.39 is 5.97 Å². The third-order valence-electron chi connectivity index (χ3n) is 4.06. The molecule has 4 aromatic rings. The molecule has 9 nitrogen and oxygen atoms in total. The van der Waals surface area contributed by atoms with E-state index in [4.69, 9.17) is 5.11 Å². The Hall–Kier alpha value is -2.44. The van der Waals surface area contributed by atoms with E-state index in [0.717, 1.165) is 29.3 Å². The Bertz CT molecular complexity index is 1200. The lowest BCUT2D eigenvalue weighted by molar-refractivity contribution is -0.138. The van der Waals surface area contributed by atoms with E-state index in [1.165, 1.54) is 6.20 Å². The summed E-state index contributed by atoms with van der Waals surface area (Å²) in [5.74, 6) is -1.01. The van der Waals surface area contributed by atoms with Crippen molar-refractivity contribution in [3.63, 3.8) is 0 Å². The van der Waals surface area contributed by atoms with Gasteiger partial charge in [0.2, 0.25) is 0 Å². The van der Waals surface area contributed by atoms with Crippen molar-refractivity contribution in [1.82, 2.24) is 35.0 Å². The zero-order chi connectivity index (χ0) is 21.3. The first-order valence-electron chi connectivity index (χ1n) is 8.51. The Morgan fingerprint density at radius 3 is 2.47 bits per heavy atom. The van der Waals surface area contributed by atoms with Gasteiger partial charge in [-0.2, -0.15) is 15.0 Å². The highest BCUT2D eigenvalue weighted by Gasteiger charge is 2.11. The number of hydrogen-bond acceptors (Lipinski definition) is 6. The SMILES string of the molecule is O=C(O)Cn1ncc(-c2ccc(-c3cn(Cc4cc(Br)c(Br)c(Br)c4)nn3)cn2)n1. The predicted octanol–water partition coefficient (Wildman–Crippen LogP) is 4.02. The largest absolute Gasteiger partial charge is 0.480 e. The minimum absolute atomic E-state index is 0.299. The average Bonchev–Trinajstić information content (AvgIpc) is 3.35. The van der Waals surface area contributed by atoms with Crippen LogP contribution in [0.25, 0.3) is 22.6 Å². The lowest BCUT2D eigenvalue weighted by Crippen LogP contribution is -2.11. The molecule has 0 spiro atoms. The first-order valence-corrected chi connectivity index (χ1v) is 10.9. The quantitative estimate of drug-likeness (QED) is 0.334. The molecule has 3 aromatic heterocycles. The number of carboxylic acids is 1. The van der Waals surface area contributed by atoms with Gasteiger partial charge in [-0.15, -0.1) is 5.10 Å². The minimum Gasteiger partial charge on any atom is -0.480 e. The monoisotopic (exact) mass is 595 g/mol. The summed E-state index contributed by atoms with van der Waals surface area (Å²) in [6.07, 6.45) is 5.01. The van der Waals surface area contributed by atoms with E-state index in [2.05, 4.69) is 73.3 Å². The molecule has 0 unspecified atom stereocenters. The molecule has 0 aliphatic rings. The van der Waals surface area contributed by atoms with Crippen LogP contribution in [-0.2, 0) is 17.9 Å². The van der Waals surface area contributed by atoms with E-state index in [1.54, 1.807) is 16.9 Å². The molecular formula is C18H12Br3N7O2. The van der Waals surface area contributed by atoms with Crippen LogP contribution in [0.1, 0.15) is 5.56 Å². The highest BCUT2D eigenvalue weighted by atomic mass is 79.9. The number of carboxylic acid groups (broad SMARTS) is 1. The molecule has 0 saturated carbocycles. The number of aliphatic carboxylic acids is 1. The highest BCUT2D eigenvalue weighted by Crippen LogP contribution is 2.32. The molecule has 0 saturated heterocycles. The van der Waals surface area contributed by atoms with Crippen LogP contribution in [0, 0.1) is 0 Å². The van der Waals surface area contributed by atoms with Crippen molar-refractivity contribution in [2.45, 2.75) is 13.1 Å². The van der Waals surface area contributed by atoms with Gasteiger partial charge in [0.15, 0.2) is 6.54 Å². The second-order valence-electron chi connectivity index (χ2n) is 6.26. The van der Waals surface area contributed by atoms with Crippen LogP contribution in [0.2, 0.25) is 0 Å². The van der Waals surface area contributed by atoms with Crippen molar-refractivity contribution in [2.24, 2.45) is 0 Å². The molecule has 1 N–H and O–H groups in total. The Kier molecular flexibility index (Phi) is 6.06. The van der Waals surface area contributed by atoms with Gasteiger partial charge in [0.25, 0.3) is 0 Å².